The second-order valence-corrected chi connectivity index (χ2v) is 6.64. The molecule has 0 fully saturated rings. The molecule has 16 heavy (non-hydrogen) atoms. The Balaban J connectivity index is 2.89. The van der Waals surface area contributed by atoms with Crippen molar-refractivity contribution in [3.05, 3.63) is 35.9 Å². The molecule has 1 aromatic rings. The molecule has 0 aliphatic carbocycles. The van der Waals surface area contributed by atoms with E-state index in [1.807, 2.05) is 0 Å². The van der Waals surface area contributed by atoms with Gasteiger partial charge < -0.3 is 4.90 Å². The van der Waals surface area contributed by atoms with Crippen molar-refractivity contribution in [3.63, 3.8) is 0 Å². The van der Waals surface area contributed by atoms with Gasteiger partial charge in [-0.05, 0) is 41.5 Å². The van der Waals surface area contributed by atoms with Crippen molar-refractivity contribution in [1.82, 2.24) is 0 Å². The molecule has 0 saturated carbocycles. The third kappa shape index (κ3) is 3.64. The smallest absolute Gasteiger partial charge is 0.104 e. The number of benzene rings is 1. The van der Waals surface area contributed by atoms with Crippen LogP contribution in [-0.4, -0.2) is 11.1 Å². The van der Waals surface area contributed by atoms with E-state index in [0.29, 0.717) is 0 Å². The molecule has 0 aromatic heterocycles. The fraction of sp³-hybridized carbons (Fsp3) is 0.600. The van der Waals surface area contributed by atoms with Gasteiger partial charge in [-0.25, -0.2) is 0 Å². The molecule has 1 nitrogen and oxygen atoms in total. The molecule has 1 aromatic carbocycles. The Morgan fingerprint density at radius 3 is 1.62 bits per heavy atom. The lowest BCUT2D eigenvalue weighted by Crippen LogP contribution is -3.23. The minimum Gasteiger partial charge on any atom is -0.323 e. The van der Waals surface area contributed by atoms with Gasteiger partial charge in [0.05, 0.1) is 11.1 Å². The van der Waals surface area contributed by atoms with Crippen molar-refractivity contribution in [2.75, 3.05) is 0 Å². The summed E-state index contributed by atoms with van der Waals surface area (Å²) in [5.41, 5.74) is 1.96. The number of hydrogen-bond acceptors (Lipinski definition) is 0. The second-order valence-electron chi connectivity index (χ2n) is 6.64. The first kappa shape index (κ1) is 13.2. The fourth-order valence-corrected chi connectivity index (χ4v) is 2.46. The summed E-state index contributed by atoms with van der Waals surface area (Å²) in [5.74, 6) is 0. The van der Waals surface area contributed by atoms with Gasteiger partial charge in [-0.1, -0.05) is 30.3 Å². The van der Waals surface area contributed by atoms with Crippen LogP contribution < -0.4 is 4.90 Å². The number of quaternary nitrogens is 1. The summed E-state index contributed by atoms with van der Waals surface area (Å²) >= 11 is 0. The SMILES string of the molecule is CC(C)(C)[NH+](Cc1ccccc1)C(C)(C)C. The monoisotopic (exact) mass is 220 g/mol. The largest absolute Gasteiger partial charge is 0.323 e. The Kier molecular flexibility index (Phi) is 3.80. The lowest BCUT2D eigenvalue weighted by atomic mass is 9.95. The van der Waals surface area contributed by atoms with Gasteiger partial charge in [0, 0.05) is 5.56 Å². The Hall–Kier alpha value is -0.820. The van der Waals surface area contributed by atoms with Crippen LogP contribution in [0, 0.1) is 0 Å². The maximum atomic E-state index is 2.32. The second kappa shape index (κ2) is 4.58. The molecular weight excluding hydrogens is 194 g/mol. The minimum atomic E-state index is 0.272. The number of nitrogens with one attached hydrogen (secondary N) is 1. The zero-order valence-electron chi connectivity index (χ0n) is 11.6. The maximum Gasteiger partial charge on any atom is 0.104 e. The molecule has 0 spiro atoms. The van der Waals surface area contributed by atoms with Crippen LogP contribution in [0.15, 0.2) is 30.3 Å². The Labute approximate surface area is 100 Å². The highest BCUT2D eigenvalue weighted by molar-refractivity contribution is 5.13. The lowest BCUT2D eigenvalue weighted by Gasteiger charge is -2.42. The Morgan fingerprint density at radius 1 is 0.812 bits per heavy atom. The molecular formula is C15H26N+. The van der Waals surface area contributed by atoms with Gasteiger partial charge in [0.2, 0.25) is 0 Å². The quantitative estimate of drug-likeness (QED) is 0.781. The van der Waals surface area contributed by atoms with Crippen molar-refractivity contribution in [3.8, 4) is 0 Å². The van der Waals surface area contributed by atoms with Crippen LogP contribution in [0.2, 0.25) is 0 Å². The van der Waals surface area contributed by atoms with E-state index in [4.69, 9.17) is 0 Å². The van der Waals surface area contributed by atoms with Gasteiger partial charge >= 0.3 is 0 Å². The van der Waals surface area contributed by atoms with E-state index in [-0.39, 0.29) is 11.1 Å². The first-order valence-electron chi connectivity index (χ1n) is 6.12. The predicted molar refractivity (Wildman–Crippen MR) is 70.6 cm³/mol. The van der Waals surface area contributed by atoms with Gasteiger partial charge in [0.25, 0.3) is 0 Å². The third-order valence-corrected chi connectivity index (χ3v) is 3.03. The zero-order chi connectivity index (χ0) is 12.4. The van der Waals surface area contributed by atoms with Gasteiger partial charge in [0.15, 0.2) is 0 Å². The van der Waals surface area contributed by atoms with E-state index >= 15 is 0 Å². The van der Waals surface area contributed by atoms with Crippen LogP contribution in [0.1, 0.15) is 47.1 Å². The van der Waals surface area contributed by atoms with Gasteiger partial charge in [-0.15, -0.1) is 0 Å². The van der Waals surface area contributed by atoms with E-state index < -0.39 is 0 Å². The van der Waals surface area contributed by atoms with Gasteiger partial charge in [-0.3, -0.25) is 0 Å². The maximum absolute atomic E-state index is 2.32. The van der Waals surface area contributed by atoms with Crippen LogP contribution in [0.25, 0.3) is 0 Å². The van der Waals surface area contributed by atoms with E-state index in [2.05, 4.69) is 71.9 Å². The molecule has 0 atom stereocenters. The van der Waals surface area contributed by atoms with Crippen LogP contribution >= 0.6 is 0 Å². The lowest BCUT2D eigenvalue weighted by molar-refractivity contribution is -1.00. The molecule has 0 unspecified atom stereocenters. The summed E-state index contributed by atoms with van der Waals surface area (Å²) in [7, 11) is 0. The molecule has 0 amide bonds. The molecule has 90 valence electrons. The van der Waals surface area contributed by atoms with Gasteiger partial charge in [0.1, 0.15) is 6.54 Å². The average molecular weight is 220 g/mol. The summed E-state index contributed by atoms with van der Waals surface area (Å²) in [6.45, 7) is 15.0. The molecule has 0 aliphatic rings. The van der Waals surface area contributed by atoms with Crippen molar-refractivity contribution in [2.45, 2.75) is 59.2 Å². The predicted octanol–water partition coefficient (Wildman–Crippen LogP) is 2.67. The minimum absolute atomic E-state index is 0.272. The fourth-order valence-electron chi connectivity index (χ4n) is 2.46. The third-order valence-electron chi connectivity index (χ3n) is 3.03. The molecule has 0 saturated heterocycles. The topological polar surface area (TPSA) is 4.44 Å². The molecule has 1 N–H and O–H groups in total. The summed E-state index contributed by atoms with van der Waals surface area (Å²) in [6, 6.07) is 10.8. The first-order chi connectivity index (χ1) is 7.21. The van der Waals surface area contributed by atoms with Gasteiger partial charge in [-0.2, -0.15) is 0 Å². The highest BCUT2D eigenvalue weighted by Gasteiger charge is 2.35. The van der Waals surface area contributed by atoms with Crippen LogP contribution in [0.5, 0.6) is 0 Å². The Bertz CT molecular complexity index is 300. The average Bonchev–Trinajstić information content (AvgIpc) is 2.12. The Morgan fingerprint density at radius 2 is 1.25 bits per heavy atom. The van der Waals surface area contributed by atoms with Crippen molar-refractivity contribution in [2.24, 2.45) is 0 Å². The zero-order valence-corrected chi connectivity index (χ0v) is 11.6. The van der Waals surface area contributed by atoms with Crippen LogP contribution in [-0.2, 0) is 6.54 Å². The van der Waals surface area contributed by atoms with Crippen LogP contribution in [0.4, 0.5) is 0 Å². The normalized spacial score (nSPS) is 13.2. The molecule has 1 heteroatoms. The molecule has 0 bridgehead atoms. The molecule has 0 aliphatic heterocycles. The highest BCUT2D eigenvalue weighted by Crippen LogP contribution is 2.06. The van der Waals surface area contributed by atoms with Crippen LogP contribution in [0.3, 0.4) is 0 Å². The summed E-state index contributed by atoms with van der Waals surface area (Å²) in [5, 5.41) is 0. The summed E-state index contributed by atoms with van der Waals surface area (Å²) in [4.78, 5) is 1.62. The molecule has 1 rings (SSSR count). The number of hydrogen-bond donors (Lipinski definition) is 1. The van der Waals surface area contributed by atoms with Crippen molar-refractivity contribution >= 4 is 0 Å². The highest BCUT2D eigenvalue weighted by atomic mass is 15.2. The van der Waals surface area contributed by atoms with E-state index in [1.54, 1.807) is 4.90 Å². The molecule has 0 heterocycles. The van der Waals surface area contributed by atoms with E-state index in [9.17, 15) is 0 Å². The standard InChI is InChI=1S/C15H25N/c1-14(2,3)16(15(4,5)6)12-13-10-8-7-9-11-13/h7-11H,12H2,1-6H3/p+1. The summed E-state index contributed by atoms with van der Waals surface area (Å²) < 4.78 is 0. The molecule has 0 radical (unpaired) electrons. The van der Waals surface area contributed by atoms with E-state index in [0.717, 1.165) is 6.54 Å². The van der Waals surface area contributed by atoms with Crippen molar-refractivity contribution in [1.29, 1.82) is 0 Å². The van der Waals surface area contributed by atoms with E-state index in [1.165, 1.54) is 5.56 Å². The number of rotatable bonds is 2. The first-order valence-corrected chi connectivity index (χ1v) is 6.12. The van der Waals surface area contributed by atoms with Crippen molar-refractivity contribution < 1.29 is 4.90 Å². The summed E-state index contributed by atoms with van der Waals surface area (Å²) in [6.07, 6.45) is 0.